The van der Waals surface area contributed by atoms with Crippen molar-refractivity contribution in [3.05, 3.63) is 52.6 Å². The van der Waals surface area contributed by atoms with Gasteiger partial charge in [0.15, 0.2) is 0 Å². The van der Waals surface area contributed by atoms with E-state index < -0.39 is 6.10 Å². The van der Waals surface area contributed by atoms with Crippen LogP contribution in [0.25, 0.3) is 0 Å². The van der Waals surface area contributed by atoms with Crippen molar-refractivity contribution in [2.45, 2.75) is 32.9 Å². The van der Waals surface area contributed by atoms with Crippen molar-refractivity contribution in [2.24, 2.45) is 0 Å². The van der Waals surface area contributed by atoms with Crippen LogP contribution in [0, 0.1) is 6.92 Å². The van der Waals surface area contributed by atoms with Crippen molar-refractivity contribution in [3.63, 3.8) is 0 Å². The predicted molar refractivity (Wildman–Crippen MR) is 72.8 cm³/mol. The fourth-order valence-electron chi connectivity index (χ4n) is 2.07. The highest BCUT2D eigenvalue weighted by Crippen LogP contribution is 2.24. The van der Waals surface area contributed by atoms with Crippen molar-refractivity contribution in [1.29, 1.82) is 0 Å². The Bertz CT molecular complexity index is 516. The molecule has 2 aromatic rings. The van der Waals surface area contributed by atoms with E-state index in [0.717, 1.165) is 24.1 Å². The number of aliphatic hydroxyl groups excluding tert-OH is 1. The van der Waals surface area contributed by atoms with Crippen molar-refractivity contribution in [3.8, 4) is 0 Å². The number of nitrogens with zero attached hydrogens (tertiary/aromatic N) is 2. The van der Waals surface area contributed by atoms with E-state index in [1.807, 2.05) is 29.8 Å². The molecule has 1 aromatic heterocycles. The average Bonchev–Trinajstić information content (AvgIpc) is 2.75. The molecule has 0 aliphatic carbocycles. The van der Waals surface area contributed by atoms with E-state index in [9.17, 15) is 5.11 Å². The van der Waals surface area contributed by atoms with E-state index in [1.54, 1.807) is 12.3 Å². The molecule has 0 aliphatic heterocycles. The van der Waals surface area contributed by atoms with Gasteiger partial charge < -0.3 is 9.67 Å². The first-order chi connectivity index (χ1) is 8.61. The number of aryl methyl sites for hydroxylation is 2. The largest absolute Gasteiger partial charge is 0.380 e. The SMILES string of the molecule is CCCn1ccnc1C(O)c1cc(C)cc(Cl)c1. The topological polar surface area (TPSA) is 38.0 Å². The van der Waals surface area contributed by atoms with Crippen molar-refractivity contribution < 1.29 is 5.11 Å². The Morgan fingerprint density at radius 2 is 2.17 bits per heavy atom. The lowest BCUT2D eigenvalue weighted by molar-refractivity contribution is 0.204. The lowest BCUT2D eigenvalue weighted by atomic mass is 10.1. The minimum Gasteiger partial charge on any atom is -0.380 e. The second-order valence-electron chi connectivity index (χ2n) is 4.44. The molecular formula is C14H17ClN2O. The van der Waals surface area contributed by atoms with Gasteiger partial charge in [-0.3, -0.25) is 0 Å². The Labute approximate surface area is 112 Å². The Morgan fingerprint density at radius 1 is 1.39 bits per heavy atom. The van der Waals surface area contributed by atoms with Gasteiger partial charge in [0.1, 0.15) is 11.9 Å². The Kier molecular flexibility index (Phi) is 4.04. The van der Waals surface area contributed by atoms with E-state index in [1.165, 1.54) is 0 Å². The Hall–Kier alpha value is -1.32. The molecule has 1 N–H and O–H groups in total. The van der Waals surface area contributed by atoms with Crippen molar-refractivity contribution in [2.75, 3.05) is 0 Å². The van der Waals surface area contributed by atoms with Gasteiger partial charge in [-0.2, -0.15) is 0 Å². The highest BCUT2D eigenvalue weighted by Gasteiger charge is 2.16. The third-order valence-electron chi connectivity index (χ3n) is 2.84. The van der Waals surface area contributed by atoms with Gasteiger partial charge in [-0.1, -0.05) is 24.6 Å². The number of aromatic nitrogens is 2. The van der Waals surface area contributed by atoms with E-state index >= 15 is 0 Å². The standard InChI is InChI=1S/C14H17ClN2O/c1-3-5-17-6-4-16-14(17)13(18)11-7-10(2)8-12(15)9-11/h4,6-9,13,18H,3,5H2,1-2H3. The summed E-state index contributed by atoms with van der Waals surface area (Å²) in [6, 6.07) is 5.59. The molecule has 0 fully saturated rings. The number of rotatable bonds is 4. The van der Waals surface area contributed by atoms with Gasteiger partial charge in [-0.05, 0) is 36.6 Å². The van der Waals surface area contributed by atoms with Crippen LogP contribution in [-0.2, 0) is 6.54 Å². The first-order valence-corrected chi connectivity index (χ1v) is 6.45. The summed E-state index contributed by atoms with van der Waals surface area (Å²) < 4.78 is 1.97. The molecule has 1 aromatic carbocycles. The zero-order chi connectivity index (χ0) is 13.1. The van der Waals surface area contributed by atoms with Gasteiger partial charge in [0.05, 0.1) is 0 Å². The van der Waals surface area contributed by atoms with Crippen molar-refractivity contribution >= 4 is 11.6 Å². The number of aliphatic hydroxyl groups is 1. The predicted octanol–water partition coefficient (Wildman–Crippen LogP) is 3.34. The molecule has 0 spiro atoms. The second-order valence-corrected chi connectivity index (χ2v) is 4.88. The zero-order valence-corrected chi connectivity index (χ0v) is 11.4. The van der Waals surface area contributed by atoms with Crippen LogP contribution in [0.1, 0.15) is 36.4 Å². The van der Waals surface area contributed by atoms with Gasteiger partial charge in [-0.15, -0.1) is 0 Å². The van der Waals surface area contributed by atoms with Crippen LogP contribution in [0.4, 0.5) is 0 Å². The van der Waals surface area contributed by atoms with Gasteiger partial charge in [-0.25, -0.2) is 4.98 Å². The first kappa shape index (κ1) is 13.1. The molecule has 4 heteroatoms. The maximum absolute atomic E-state index is 10.4. The summed E-state index contributed by atoms with van der Waals surface area (Å²) in [7, 11) is 0. The molecule has 0 radical (unpaired) electrons. The van der Waals surface area contributed by atoms with Gasteiger partial charge in [0.2, 0.25) is 0 Å². The minimum absolute atomic E-state index is 0.637. The van der Waals surface area contributed by atoms with Crippen LogP contribution in [0.2, 0.25) is 5.02 Å². The monoisotopic (exact) mass is 264 g/mol. The van der Waals surface area contributed by atoms with Crippen LogP contribution in [0.3, 0.4) is 0 Å². The molecular weight excluding hydrogens is 248 g/mol. The maximum Gasteiger partial charge on any atom is 0.142 e. The lowest BCUT2D eigenvalue weighted by Gasteiger charge is -2.14. The van der Waals surface area contributed by atoms with Gasteiger partial charge >= 0.3 is 0 Å². The third kappa shape index (κ3) is 2.74. The Balaban J connectivity index is 2.34. The molecule has 0 bridgehead atoms. The van der Waals surface area contributed by atoms with Crippen LogP contribution in [0.15, 0.2) is 30.6 Å². The summed E-state index contributed by atoms with van der Waals surface area (Å²) in [5.41, 5.74) is 1.81. The molecule has 96 valence electrons. The summed E-state index contributed by atoms with van der Waals surface area (Å²) >= 11 is 6.02. The van der Waals surface area contributed by atoms with E-state index in [-0.39, 0.29) is 0 Å². The normalized spacial score (nSPS) is 12.7. The molecule has 0 saturated carbocycles. The molecule has 1 atom stereocenters. The summed E-state index contributed by atoms with van der Waals surface area (Å²) in [4.78, 5) is 4.24. The number of hydrogen-bond acceptors (Lipinski definition) is 2. The maximum atomic E-state index is 10.4. The van der Waals surface area contributed by atoms with E-state index in [2.05, 4.69) is 11.9 Å². The fraction of sp³-hybridized carbons (Fsp3) is 0.357. The van der Waals surface area contributed by atoms with Gasteiger partial charge in [0.25, 0.3) is 0 Å². The highest BCUT2D eigenvalue weighted by atomic mass is 35.5. The third-order valence-corrected chi connectivity index (χ3v) is 3.06. The average molecular weight is 265 g/mol. The van der Waals surface area contributed by atoms with Crippen molar-refractivity contribution in [1.82, 2.24) is 9.55 Å². The molecule has 1 heterocycles. The van der Waals surface area contributed by atoms with Crippen LogP contribution < -0.4 is 0 Å². The smallest absolute Gasteiger partial charge is 0.142 e. The van der Waals surface area contributed by atoms with Crippen LogP contribution in [0.5, 0.6) is 0 Å². The van der Waals surface area contributed by atoms with E-state index in [0.29, 0.717) is 10.8 Å². The lowest BCUT2D eigenvalue weighted by Crippen LogP contribution is -2.09. The molecule has 2 rings (SSSR count). The van der Waals surface area contributed by atoms with Crippen LogP contribution in [-0.4, -0.2) is 14.7 Å². The first-order valence-electron chi connectivity index (χ1n) is 6.08. The van der Waals surface area contributed by atoms with Crippen LogP contribution >= 0.6 is 11.6 Å². The van der Waals surface area contributed by atoms with E-state index in [4.69, 9.17) is 11.6 Å². The highest BCUT2D eigenvalue weighted by molar-refractivity contribution is 6.30. The number of hydrogen-bond donors (Lipinski definition) is 1. The second kappa shape index (κ2) is 5.55. The summed E-state index contributed by atoms with van der Waals surface area (Å²) in [5, 5.41) is 11.0. The number of benzene rings is 1. The minimum atomic E-state index is -0.732. The summed E-state index contributed by atoms with van der Waals surface area (Å²) in [6.45, 7) is 4.91. The van der Waals surface area contributed by atoms with Gasteiger partial charge in [0, 0.05) is 24.0 Å². The quantitative estimate of drug-likeness (QED) is 0.920. The number of imidazole rings is 1. The molecule has 1 unspecified atom stereocenters. The molecule has 0 amide bonds. The molecule has 3 nitrogen and oxygen atoms in total. The molecule has 0 saturated heterocycles. The Morgan fingerprint density at radius 3 is 2.83 bits per heavy atom. The summed E-state index contributed by atoms with van der Waals surface area (Å²) in [5.74, 6) is 0.665. The molecule has 0 aliphatic rings. The zero-order valence-electron chi connectivity index (χ0n) is 10.6. The summed E-state index contributed by atoms with van der Waals surface area (Å²) in [6.07, 6.45) is 3.87. The number of halogens is 1. The fourth-order valence-corrected chi connectivity index (χ4v) is 2.37. The molecule has 18 heavy (non-hydrogen) atoms.